The maximum absolute atomic E-state index is 13.5. The minimum Gasteiger partial charge on any atom is -0.372 e. The molecule has 0 bridgehead atoms. The van der Waals surface area contributed by atoms with E-state index in [2.05, 4.69) is 10.4 Å². The average molecular weight is 263 g/mol. The molecule has 0 fully saturated rings. The van der Waals surface area contributed by atoms with Crippen LogP contribution in [0.15, 0.2) is 36.7 Å². The lowest BCUT2D eigenvalue weighted by atomic mass is 10.3. The van der Waals surface area contributed by atoms with Crippen LogP contribution in [0.5, 0.6) is 0 Å². The maximum Gasteiger partial charge on any atom is 0.250 e. The van der Waals surface area contributed by atoms with Crippen LogP contribution >= 0.6 is 0 Å². The Morgan fingerprint density at radius 1 is 1.47 bits per heavy atom. The van der Waals surface area contributed by atoms with Gasteiger partial charge < -0.3 is 10.1 Å². The van der Waals surface area contributed by atoms with Crippen LogP contribution in [0.1, 0.15) is 6.92 Å². The lowest BCUT2D eigenvalue weighted by Gasteiger charge is -2.03. The van der Waals surface area contributed by atoms with E-state index >= 15 is 0 Å². The van der Waals surface area contributed by atoms with Crippen molar-refractivity contribution >= 4 is 11.6 Å². The third kappa shape index (κ3) is 3.38. The van der Waals surface area contributed by atoms with E-state index in [0.29, 0.717) is 18.0 Å². The Kier molecular flexibility index (Phi) is 4.25. The van der Waals surface area contributed by atoms with Crippen molar-refractivity contribution in [3.63, 3.8) is 0 Å². The molecule has 1 aromatic heterocycles. The normalized spacial score (nSPS) is 10.4. The lowest BCUT2D eigenvalue weighted by Crippen LogP contribution is -2.17. The first-order valence-corrected chi connectivity index (χ1v) is 5.88. The number of amides is 1. The van der Waals surface area contributed by atoms with Crippen molar-refractivity contribution in [1.82, 2.24) is 9.78 Å². The number of benzene rings is 1. The molecule has 5 nitrogen and oxygen atoms in total. The zero-order valence-corrected chi connectivity index (χ0v) is 10.5. The van der Waals surface area contributed by atoms with Gasteiger partial charge in [0.2, 0.25) is 5.91 Å². The summed E-state index contributed by atoms with van der Waals surface area (Å²) in [6.07, 6.45) is 3.00. The summed E-state index contributed by atoms with van der Waals surface area (Å²) in [6, 6.07) is 6.28. The summed E-state index contributed by atoms with van der Waals surface area (Å²) >= 11 is 0. The topological polar surface area (TPSA) is 56.1 Å². The third-order valence-electron chi connectivity index (χ3n) is 2.40. The molecule has 6 heteroatoms. The van der Waals surface area contributed by atoms with Crippen LogP contribution in [0.4, 0.5) is 10.1 Å². The Bertz CT molecular complexity index is 569. The second kappa shape index (κ2) is 6.10. The van der Waals surface area contributed by atoms with E-state index in [0.717, 1.165) is 0 Å². The summed E-state index contributed by atoms with van der Waals surface area (Å²) in [6.45, 7) is 2.27. The lowest BCUT2D eigenvalue weighted by molar-refractivity contribution is -0.120. The molecule has 0 saturated heterocycles. The predicted molar refractivity (Wildman–Crippen MR) is 68.6 cm³/mol. The highest BCUT2D eigenvalue weighted by atomic mass is 19.1. The van der Waals surface area contributed by atoms with Crippen LogP contribution in [0.2, 0.25) is 0 Å². The van der Waals surface area contributed by atoms with Gasteiger partial charge in [0.1, 0.15) is 18.1 Å². The van der Waals surface area contributed by atoms with Crippen molar-refractivity contribution in [2.45, 2.75) is 6.92 Å². The van der Waals surface area contributed by atoms with Crippen LogP contribution in [0.3, 0.4) is 0 Å². The van der Waals surface area contributed by atoms with Crippen molar-refractivity contribution in [3.05, 3.63) is 42.5 Å². The zero-order valence-electron chi connectivity index (χ0n) is 10.5. The van der Waals surface area contributed by atoms with Crippen molar-refractivity contribution < 1.29 is 13.9 Å². The zero-order chi connectivity index (χ0) is 13.7. The summed E-state index contributed by atoms with van der Waals surface area (Å²) in [5.74, 6) is -0.646. The number of carbonyl (C=O) groups excluding carboxylic acids is 1. The Balaban J connectivity index is 2.07. The Hall–Kier alpha value is -2.21. The number of aromatic nitrogens is 2. The number of carbonyl (C=O) groups is 1. The third-order valence-corrected chi connectivity index (χ3v) is 2.40. The molecule has 1 N–H and O–H groups in total. The second-order valence-corrected chi connectivity index (χ2v) is 3.81. The van der Waals surface area contributed by atoms with Gasteiger partial charge in [0.15, 0.2) is 0 Å². The highest BCUT2D eigenvalue weighted by Crippen LogP contribution is 2.14. The first-order valence-electron chi connectivity index (χ1n) is 5.88. The number of rotatable bonds is 5. The first kappa shape index (κ1) is 13.2. The van der Waals surface area contributed by atoms with Gasteiger partial charge in [-0.15, -0.1) is 0 Å². The summed E-state index contributed by atoms with van der Waals surface area (Å²) in [4.78, 5) is 11.4. The fraction of sp³-hybridized carbons (Fsp3) is 0.231. The minimum absolute atomic E-state index is 0.0125. The SMILES string of the molecule is CCOCC(=O)Nc1cnn(-c2ccccc2F)c1. The van der Waals surface area contributed by atoms with Crippen LogP contribution in [0, 0.1) is 5.82 Å². The average Bonchev–Trinajstić information content (AvgIpc) is 2.85. The van der Waals surface area contributed by atoms with Gasteiger partial charge in [0, 0.05) is 6.61 Å². The van der Waals surface area contributed by atoms with E-state index in [1.54, 1.807) is 24.4 Å². The number of ether oxygens (including phenoxy) is 1. The molecular weight excluding hydrogens is 249 g/mol. The van der Waals surface area contributed by atoms with E-state index in [-0.39, 0.29) is 18.3 Å². The predicted octanol–water partition coefficient (Wildman–Crippen LogP) is 1.99. The fourth-order valence-electron chi connectivity index (χ4n) is 1.55. The molecule has 1 amide bonds. The molecule has 19 heavy (non-hydrogen) atoms. The molecule has 100 valence electrons. The quantitative estimate of drug-likeness (QED) is 0.897. The Morgan fingerprint density at radius 2 is 2.26 bits per heavy atom. The molecule has 0 aliphatic carbocycles. The van der Waals surface area contributed by atoms with Gasteiger partial charge in [-0.05, 0) is 19.1 Å². The standard InChI is InChI=1S/C13H14FN3O2/c1-2-19-9-13(18)16-10-7-15-17(8-10)12-6-4-3-5-11(12)14/h3-8H,2,9H2,1H3,(H,16,18). The summed E-state index contributed by atoms with van der Waals surface area (Å²) in [5, 5.41) is 6.62. The molecule has 0 aliphatic rings. The molecule has 0 radical (unpaired) electrons. The fourth-order valence-corrected chi connectivity index (χ4v) is 1.55. The molecule has 2 rings (SSSR count). The van der Waals surface area contributed by atoms with Crippen molar-refractivity contribution in [2.24, 2.45) is 0 Å². The van der Waals surface area contributed by atoms with E-state index in [9.17, 15) is 9.18 Å². The summed E-state index contributed by atoms with van der Waals surface area (Å²) < 4.78 is 19.9. The van der Waals surface area contributed by atoms with E-state index in [1.165, 1.54) is 16.9 Å². The molecule has 0 aliphatic heterocycles. The molecule has 0 atom stereocenters. The number of halogens is 1. The smallest absolute Gasteiger partial charge is 0.250 e. The van der Waals surface area contributed by atoms with Crippen molar-refractivity contribution in [2.75, 3.05) is 18.5 Å². The highest BCUT2D eigenvalue weighted by Gasteiger charge is 2.07. The van der Waals surface area contributed by atoms with Crippen LogP contribution in [0.25, 0.3) is 5.69 Å². The van der Waals surface area contributed by atoms with E-state index < -0.39 is 0 Å². The van der Waals surface area contributed by atoms with E-state index in [1.807, 2.05) is 6.92 Å². The number of anilines is 1. The van der Waals surface area contributed by atoms with Gasteiger partial charge in [-0.1, -0.05) is 12.1 Å². The number of hydrogen-bond acceptors (Lipinski definition) is 3. The monoisotopic (exact) mass is 263 g/mol. The van der Waals surface area contributed by atoms with Gasteiger partial charge >= 0.3 is 0 Å². The first-order chi connectivity index (χ1) is 9.20. The summed E-state index contributed by atoms with van der Waals surface area (Å²) in [7, 11) is 0. The second-order valence-electron chi connectivity index (χ2n) is 3.81. The largest absolute Gasteiger partial charge is 0.372 e. The van der Waals surface area contributed by atoms with Gasteiger partial charge in [-0.2, -0.15) is 5.10 Å². The number of hydrogen-bond donors (Lipinski definition) is 1. The maximum atomic E-state index is 13.5. The number of nitrogens with zero attached hydrogens (tertiary/aromatic N) is 2. The highest BCUT2D eigenvalue weighted by molar-refractivity contribution is 5.91. The summed E-state index contributed by atoms with van der Waals surface area (Å²) in [5.41, 5.74) is 0.820. The molecular formula is C13H14FN3O2. The molecule has 0 saturated carbocycles. The van der Waals surface area contributed by atoms with Gasteiger partial charge in [0.05, 0.1) is 18.1 Å². The molecule has 0 spiro atoms. The molecule has 0 unspecified atom stereocenters. The molecule has 2 aromatic rings. The molecule has 1 aromatic carbocycles. The molecule has 1 heterocycles. The van der Waals surface area contributed by atoms with Gasteiger partial charge in [0.25, 0.3) is 0 Å². The van der Waals surface area contributed by atoms with Gasteiger partial charge in [-0.25, -0.2) is 9.07 Å². The van der Waals surface area contributed by atoms with Crippen LogP contribution in [-0.2, 0) is 9.53 Å². The van der Waals surface area contributed by atoms with Gasteiger partial charge in [-0.3, -0.25) is 4.79 Å². The van der Waals surface area contributed by atoms with E-state index in [4.69, 9.17) is 4.74 Å². The van der Waals surface area contributed by atoms with Crippen molar-refractivity contribution in [3.8, 4) is 5.69 Å². The van der Waals surface area contributed by atoms with Crippen LogP contribution < -0.4 is 5.32 Å². The number of nitrogens with one attached hydrogen (secondary N) is 1. The number of para-hydroxylation sites is 1. The minimum atomic E-state index is -0.377. The Morgan fingerprint density at radius 3 is 3.00 bits per heavy atom. The Labute approximate surface area is 110 Å². The van der Waals surface area contributed by atoms with Crippen LogP contribution in [-0.4, -0.2) is 28.9 Å². The van der Waals surface area contributed by atoms with Crippen molar-refractivity contribution in [1.29, 1.82) is 0 Å².